The van der Waals surface area contributed by atoms with Crippen molar-refractivity contribution in [2.45, 2.75) is 13.8 Å². The van der Waals surface area contributed by atoms with E-state index in [4.69, 9.17) is 4.74 Å². The Morgan fingerprint density at radius 1 is 1.03 bits per heavy atom. The fourth-order valence-electron chi connectivity index (χ4n) is 3.29. The summed E-state index contributed by atoms with van der Waals surface area (Å²) in [6.45, 7) is 3.97. The maximum atomic E-state index is 13.5. The van der Waals surface area contributed by atoms with Gasteiger partial charge in [0.05, 0.1) is 12.8 Å². The Bertz CT molecular complexity index is 1250. The van der Waals surface area contributed by atoms with Crippen LogP contribution < -0.4 is 10.1 Å². The molecule has 0 bridgehead atoms. The summed E-state index contributed by atoms with van der Waals surface area (Å²) >= 11 is 0. The second-order valence-electron chi connectivity index (χ2n) is 7.15. The molecule has 0 aliphatic carbocycles. The molecule has 6 nitrogen and oxygen atoms in total. The Hall–Kier alpha value is -4.00. The molecule has 0 unspecified atom stereocenters. The van der Waals surface area contributed by atoms with Gasteiger partial charge in [-0.3, -0.25) is 4.79 Å². The number of aryl methyl sites for hydroxylation is 2. The van der Waals surface area contributed by atoms with Crippen LogP contribution in [-0.4, -0.2) is 27.8 Å². The number of anilines is 1. The fraction of sp³-hybridized carbons (Fsp3) is 0.125. The number of benzene rings is 3. The lowest BCUT2D eigenvalue weighted by Crippen LogP contribution is -2.14. The van der Waals surface area contributed by atoms with Gasteiger partial charge in [0, 0.05) is 17.3 Å². The number of hydrogen-bond donors (Lipinski definition) is 1. The maximum absolute atomic E-state index is 13.5. The summed E-state index contributed by atoms with van der Waals surface area (Å²) in [5.74, 6) is 0.265. The number of carbonyl (C=O) groups is 1. The number of rotatable bonds is 5. The average molecular weight is 416 g/mol. The summed E-state index contributed by atoms with van der Waals surface area (Å²) in [4.78, 5) is 17.4. The summed E-state index contributed by atoms with van der Waals surface area (Å²) in [5.41, 5.74) is 4.09. The van der Waals surface area contributed by atoms with Crippen LogP contribution in [0.1, 0.15) is 21.7 Å². The Labute approximate surface area is 179 Å². The van der Waals surface area contributed by atoms with Crippen molar-refractivity contribution in [2.75, 3.05) is 12.4 Å². The highest BCUT2D eigenvalue weighted by Crippen LogP contribution is 2.25. The molecule has 4 rings (SSSR count). The van der Waals surface area contributed by atoms with E-state index in [1.54, 1.807) is 48.2 Å². The minimum absolute atomic E-state index is 0.00196. The van der Waals surface area contributed by atoms with Crippen LogP contribution in [0.4, 0.5) is 10.1 Å². The third-order valence-electron chi connectivity index (χ3n) is 4.82. The molecule has 3 aromatic carbocycles. The van der Waals surface area contributed by atoms with Gasteiger partial charge in [-0.05, 0) is 61.9 Å². The minimum Gasteiger partial charge on any atom is -0.497 e. The van der Waals surface area contributed by atoms with Crippen molar-refractivity contribution in [3.8, 4) is 22.8 Å². The number of nitrogens with zero attached hydrogens (tertiary/aromatic N) is 3. The Balaban J connectivity index is 1.77. The zero-order chi connectivity index (χ0) is 22.0. The summed E-state index contributed by atoms with van der Waals surface area (Å²) in [7, 11) is 1.56. The highest BCUT2D eigenvalue weighted by atomic mass is 19.1. The fourth-order valence-corrected chi connectivity index (χ4v) is 3.29. The van der Waals surface area contributed by atoms with E-state index in [2.05, 4.69) is 15.4 Å². The monoisotopic (exact) mass is 416 g/mol. The van der Waals surface area contributed by atoms with Crippen molar-refractivity contribution >= 4 is 11.6 Å². The summed E-state index contributed by atoms with van der Waals surface area (Å²) < 4.78 is 20.3. The van der Waals surface area contributed by atoms with Crippen molar-refractivity contribution in [1.29, 1.82) is 0 Å². The first-order valence-corrected chi connectivity index (χ1v) is 9.70. The van der Waals surface area contributed by atoms with Crippen LogP contribution in [0.2, 0.25) is 0 Å². The van der Waals surface area contributed by atoms with Crippen LogP contribution >= 0.6 is 0 Å². The Morgan fingerprint density at radius 3 is 2.52 bits per heavy atom. The number of aromatic nitrogens is 3. The van der Waals surface area contributed by atoms with E-state index >= 15 is 0 Å². The lowest BCUT2D eigenvalue weighted by atomic mass is 10.1. The molecule has 156 valence electrons. The molecule has 0 aliphatic heterocycles. The van der Waals surface area contributed by atoms with E-state index in [1.807, 2.05) is 32.0 Å². The first-order chi connectivity index (χ1) is 14.9. The van der Waals surface area contributed by atoms with E-state index < -0.39 is 5.91 Å². The molecule has 1 heterocycles. The number of methoxy groups -OCH3 is 1. The van der Waals surface area contributed by atoms with Crippen molar-refractivity contribution in [1.82, 2.24) is 14.8 Å². The molecule has 0 atom stereocenters. The molecular weight excluding hydrogens is 395 g/mol. The maximum Gasteiger partial charge on any atom is 0.295 e. The predicted octanol–water partition coefficient (Wildman–Crippen LogP) is 4.95. The molecule has 1 N–H and O–H groups in total. The quantitative estimate of drug-likeness (QED) is 0.500. The molecule has 1 aromatic heterocycles. The molecule has 7 heteroatoms. The zero-order valence-corrected chi connectivity index (χ0v) is 17.4. The van der Waals surface area contributed by atoms with E-state index in [0.29, 0.717) is 22.8 Å². The van der Waals surface area contributed by atoms with Gasteiger partial charge in [0.15, 0.2) is 5.82 Å². The molecule has 0 radical (unpaired) electrons. The minimum atomic E-state index is -0.458. The van der Waals surface area contributed by atoms with Crippen LogP contribution in [0.5, 0.6) is 5.75 Å². The summed E-state index contributed by atoms with van der Waals surface area (Å²) in [6, 6.07) is 18.9. The van der Waals surface area contributed by atoms with Crippen molar-refractivity contribution in [3.05, 3.63) is 89.5 Å². The lowest BCUT2D eigenvalue weighted by Gasteiger charge is -2.10. The van der Waals surface area contributed by atoms with Crippen LogP contribution in [0.15, 0.2) is 66.7 Å². The molecule has 4 aromatic rings. The van der Waals surface area contributed by atoms with E-state index in [-0.39, 0.29) is 11.6 Å². The SMILES string of the molecule is COc1cccc(NC(=O)c2nc(-c3ccc(F)cc3)n(-c3ccc(C)cc3C)n2)c1. The number of carbonyl (C=O) groups excluding carboxylic acids is 1. The summed E-state index contributed by atoms with van der Waals surface area (Å²) in [5, 5.41) is 7.27. The smallest absolute Gasteiger partial charge is 0.295 e. The van der Waals surface area contributed by atoms with Crippen molar-refractivity contribution in [2.24, 2.45) is 0 Å². The second kappa shape index (κ2) is 8.39. The van der Waals surface area contributed by atoms with Crippen LogP contribution in [-0.2, 0) is 0 Å². The zero-order valence-electron chi connectivity index (χ0n) is 17.4. The average Bonchev–Trinajstić information content (AvgIpc) is 3.19. The standard InChI is InChI=1S/C24H21FN4O2/c1-15-7-12-21(16(2)13-15)29-23(17-8-10-18(25)11-9-17)27-22(28-29)24(30)26-19-5-4-6-20(14-19)31-3/h4-14H,1-3H3,(H,26,30). The Morgan fingerprint density at radius 2 is 1.81 bits per heavy atom. The van der Waals surface area contributed by atoms with Crippen molar-refractivity contribution < 1.29 is 13.9 Å². The number of halogens is 1. The number of nitrogens with one attached hydrogen (secondary N) is 1. The van der Waals surface area contributed by atoms with Gasteiger partial charge in [0.25, 0.3) is 5.91 Å². The summed E-state index contributed by atoms with van der Waals surface area (Å²) in [6.07, 6.45) is 0. The van der Waals surface area contributed by atoms with Gasteiger partial charge in [0.2, 0.25) is 5.82 Å². The molecule has 0 saturated heterocycles. The molecule has 0 spiro atoms. The van der Waals surface area contributed by atoms with Gasteiger partial charge in [-0.1, -0.05) is 23.8 Å². The van der Waals surface area contributed by atoms with Crippen LogP contribution in [0.3, 0.4) is 0 Å². The second-order valence-corrected chi connectivity index (χ2v) is 7.15. The first kappa shape index (κ1) is 20.3. The van der Waals surface area contributed by atoms with Gasteiger partial charge < -0.3 is 10.1 Å². The largest absolute Gasteiger partial charge is 0.497 e. The van der Waals surface area contributed by atoms with E-state index in [9.17, 15) is 9.18 Å². The van der Waals surface area contributed by atoms with Crippen LogP contribution in [0.25, 0.3) is 17.1 Å². The first-order valence-electron chi connectivity index (χ1n) is 9.70. The van der Waals surface area contributed by atoms with Gasteiger partial charge >= 0.3 is 0 Å². The molecule has 0 aliphatic rings. The molecular formula is C24H21FN4O2. The van der Waals surface area contributed by atoms with Crippen LogP contribution in [0, 0.1) is 19.7 Å². The normalized spacial score (nSPS) is 10.7. The molecule has 0 fully saturated rings. The third kappa shape index (κ3) is 4.30. The van der Waals surface area contributed by atoms with Crippen molar-refractivity contribution in [3.63, 3.8) is 0 Å². The predicted molar refractivity (Wildman–Crippen MR) is 117 cm³/mol. The Kier molecular flexibility index (Phi) is 5.49. The highest BCUT2D eigenvalue weighted by Gasteiger charge is 2.20. The molecule has 1 amide bonds. The molecule has 31 heavy (non-hydrogen) atoms. The highest BCUT2D eigenvalue weighted by molar-refractivity contribution is 6.02. The number of ether oxygens (including phenoxy) is 1. The van der Waals surface area contributed by atoms with Gasteiger partial charge in [-0.25, -0.2) is 14.1 Å². The van der Waals surface area contributed by atoms with Gasteiger partial charge in [-0.15, -0.1) is 5.10 Å². The lowest BCUT2D eigenvalue weighted by molar-refractivity contribution is 0.101. The number of hydrogen-bond acceptors (Lipinski definition) is 4. The van der Waals surface area contributed by atoms with Gasteiger partial charge in [-0.2, -0.15) is 0 Å². The van der Waals surface area contributed by atoms with E-state index in [0.717, 1.165) is 16.8 Å². The van der Waals surface area contributed by atoms with E-state index in [1.165, 1.54) is 12.1 Å². The topological polar surface area (TPSA) is 69.0 Å². The number of amides is 1. The van der Waals surface area contributed by atoms with Gasteiger partial charge in [0.1, 0.15) is 11.6 Å². The third-order valence-corrected chi connectivity index (χ3v) is 4.82. The molecule has 0 saturated carbocycles.